The third kappa shape index (κ3) is 1.20. The zero-order valence-corrected chi connectivity index (χ0v) is 8.44. The van der Waals surface area contributed by atoms with Crippen LogP contribution in [0, 0.1) is 0 Å². The molecule has 3 rings (SSSR count). The molecule has 2 heteroatoms. The summed E-state index contributed by atoms with van der Waals surface area (Å²) in [5.41, 5.74) is 3.19. The first kappa shape index (κ1) is 7.89. The first-order valence-corrected chi connectivity index (χ1v) is 6.04. The van der Waals surface area contributed by atoms with Crippen LogP contribution in [0.5, 0.6) is 0 Å². The molecule has 0 spiro atoms. The molecular weight excluding hydrogens is 178 g/mol. The normalized spacial score (nSPS) is 31.1. The predicted molar refractivity (Wildman–Crippen MR) is 56.0 cm³/mol. The van der Waals surface area contributed by atoms with E-state index in [1.165, 1.54) is 25.3 Å². The molecule has 0 radical (unpaired) electrons. The minimum absolute atomic E-state index is 0.755. The summed E-state index contributed by atoms with van der Waals surface area (Å²) in [6.45, 7) is 2.71. The number of rotatable bonds is 0. The van der Waals surface area contributed by atoms with Crippen molar-refractivity contribution in [2.45, 2.75) is 11.8 Å². The predicted octanol–water partition coefficient (Wildman–Crippen LogP) is 0.873. The van der Waals surface area contributed by atoms with Crippen molar-refractivity contribution in [3.63, 3.8) is 0 Å². The number of nitrogens with one attached hydrogen (secondary N) is 1. The molecule has 1 saturated heterocycles. The summed E-state index contributed by atoms with van der Waals surface area (Å²) in [5.74, 6) is 1.34. The summed E-state index contributed by atoms with van der Waals surface area (Å²) < 4.78 is 0. The Labute approximate surface area is 83.1 Å². The van der Waals surface area contributed by atoms with Crippen LogP contribution in [0.3, 0.4) is 0 Å². The zero-order chi connectivity index (χ0) is 8.67. The summed E-state index contributed by atoms with van der Waals surface area (Å²) >= 11 is 2.13. The maximum atomic E-state index is 2.32. The summed E-state index contributed by atoms with van der Waals surface area (Å²) in [6, 6.07) is 8.96. The lowest BCUT2D eigenvalue weighted by Crippen LogP contribution is -3.11. The van der Waals surface area contributed by atoms with Gasteiger partial charge in [0.15, 0.2) is 5.37 Å². The fourth-order valence-corrected chi connectivity index (χ4v) is 3.93. The minimum atomic E-state index is 0.755. The van der Waals surface area contributed by atoms with E-state index < -0.39 is 0 Å². The molecule has 1 aromatic rings. The Morgan fingerprint density at radius 1 is 1.23 bits per heavy atom. The second kappa shape index (κ2) is 3.03. The fourth-order valence-electron chi connectivity index (χ4n) is 2.44. The average molecular weight is 192 g/mol. The molecule has 1 fully saturated rings. The number of quaternary nitrogens is 1. The molecule has 2 aliphatic heterocycles. The summed E-state index contributed by atoms with van der Waals surface area (Å²) in [7, 11) is 0. The molecule has 2 heterocycles. The van der Waals surface area contributed by atoms with Crippen molar-refractivity contribution < 1.29 is 4.90 Å². The minimum Gasteiger partial charge on any atom is -0.319 e. The summed E-state index contributed by atoms with van der Waals surface area (Å²) in [4.78, 5) is 1.80. The number of hydrogen-bond donors (Lipinski definition) is 1. The van der Waals surface area contributed by atoms with E-state index in [2.05, 4.69) is 36.0 Å². The van der Waals surface area contributed by atoms with Gasteiger partial charge < -0.3 is 4.90 Å². The van der Waals surface area contributed by atoms with Gasteiger partial charge in [0.2, 0.25) is 0 Å². The SMILES string of the molecule is c1ccc2c(c1)CC[NH+]1CCS[C@H]21. The number of fused-ring (bicyclic) bond motifs is 3. The van der Waals surface area contributed by atoms with E-state index in [1.54, 1.807) is 16.0 Å². The molecule has 68 valence electrons. The van der Waals surface area contributed by atoms with E-state index in [1.807, 2.05) is 0 Å². The van der Waals surface area contributed by atoms with Gasteiger partial charge in [-0.05, 0) is 5.56 Å². The highest BCUT2D eigenvalue weighted by Crippen LogP contribution is 2.30. The lowest BCUT2D eigenvalue weighted by atomic mass is 10.00. The molecule has 13 heavy (non-hydrogen) atoms. The Bertz CT molecular complexity index is 324. The number of benzene rings is 1. The third-order valence-electron chi connectivity index (χ3n) is 3.13. The molecule has 0 aliphatic carbocycles. The van der Waals surface area contributed by atoms with Crippen LogP contribution in [0.2, 0.25) is 0 Å². The van der Waals surface area contributed by atoms with Crippen molar-refractivity contribution in [3.8, 4) is 0 Å². The molecule has 1 N–H and O–H groups in total. The van der Waals surface area contributed by atoms with Gasteiger partial charge in [0.1, 0.15) is 0 Å². The van der Waals surface area contributed by atoms with Crippen LogP contribution in [0.25, 0.3) is 0 Å². The monoisotopic (exact) mass is 192 g/mol. The standard InChI is InChI=1S/C11H13NS/c1-2-4-10-9(3-1)5-6-12-7-8-13-11(10)12/h1-4,11H,5-8H2/p+1/t11-/m1/s1. The molecule has 1 nitrogen and oxygen atoms in total. The second-order valence-corrected chi connectivity index (χ2v) is 5.07. The lowest BCUT2D eigenvalue weighted by molar-refractivity contribution is -0.910. The van der Waals surface area contributed by atoms with Crippen molar-refractivity contribution in [2.24, 2.45) is 0 Å². The molecule has 0 aromatic heterocycles. The maximum absolute atomic E-state index is 2.32. The van der Waals surface area contributed by atoms with E-state index in [-0.39, 0.29) is 0 Å². The number of thioether (sulfide) groups is 1. The van der Waals surface area contributed by atoms with E-state index in [0.717, 1.165) is 5.37 Å². The first-order valence-electron chi connectivity index (χ1n) is 4.99. The number of hydrogen-bond acceptors (Lipinski definition) is 1. The van der Waals surface area contributed by atoms with Crippen LogP contribution >= 0.6 is 11.8 Å². The van der Waals surface area contributed by atoms with Gasteiger partial charge in [-0.3, -0.25) is 0 Å². The van der Waals surface area contributed by atoms with Crippen LogP contribution in [0.1, 0.15) is 16.5 Å². The van der Waals surface area contributed by atoms with Crippen LogP contribution < -0.4 is 4.90 Å². The largest absolute Gasteiger partial charge is 0.319 e. The van der Waals surface area contributed by atoms with Crippen LogP contribution in [0.4, 0.5) is 0 Å². The van der Waals surface area contributed by atoms with Gasteiger partial charge in [-0.25, -0.2) is 0 Å². The summed E-state index contributed by atoms with van der Waals surface area (Å²) in [6.07, 6.45) is 1.28. The van der Waals surface area contributed by atoms with Gasteiger partial charge in [0, 0.05) is 17.7 Å². The van der Waals surface area contributed by atoms with Crippen molar-refractivity contribution in [2.75, 3.05) is 18.8 Å². The Hall–Kier alpha value is -0.470. The highest BCUT2D eigenvalue weighted by molar-refractivity contribution is 7.99. The van der Waals surface area contributed by atoms with Crippen molar-refractivity contribution in [1.82, 2.24) is 0 Å². The second-order valence-electron chi connectivity index (χ2n) is 3.86. The first-order chi connectivity index (χ1) is 6.45. The van der Waals surface area contributed by atoms with Crippen LogP contribution in [-0.4, -0.2) is 18.8 Å². The van der Waals surface area contributed by atoms with Crippen molar-refractivity contribution >= 4 is 11.8 Å². The molecule has 0 bridgehead atoms. The quantitative estimate of drug-likeness (QED) is 0.639. The Balaban J connectivity index is 2.06. The van der Waals surface area contributed by atoms with Crippen molar-refractivity contribution in [1.29, 1.82) is 0 Å². The van der Waals surface area contributed by atoms with Gasteiger partial charge in [-0.2, -0.15) is 0 Å². The molecule has 1 aromatic carbocycles. The van der Waals surface area contributed by atoms with E-state index in [4.69, 9.17) is 0 Å². The van der Waals surface area contributed by atoms with E-state index in [9.17, 15) is 0 Å². The molecule has 2 atom stereocenters. The molecule has 0 saturated carbocycles. The topological polar surface area (TPSA) is 4.44 Å². The van der Waals surface area contributed by atoms with Gasteiger partial charge in [-0.15, -0.1) is 0 Å². The highest BCUT2D eigenvalue weighted by atomic mass is 32.2. The maximum Gasteiger partial charge on any atom is 0.160 e. The van der Waals surface area contributed by atoms with Crippen LogP contribution in [-0.2, 0) is 6.42 Å². The zero-order valence-electron chi connectivity index (χ0n) is 7.62. The van der Waals surface area contributed by atoms with Gasteiger partial charge in [0.25, 0.3) is 0 Å². The van der Waals surface area contributed by atoms with E-state index >= 15 is 0 Å². The molecule has 1 unspecified atom stereocenters. The Kier molecular flexibility index (Phi) is 1.84. The molecule has 2 aliphatic rings. The third-order valence-corrected chi connectivity index (χ3v) is 4.49. The van der Waals surface area contributed by atoms with Crippen molar-refractivity contribution in [3.05, 3.63) is 35.4 Å². The van der Waals surface area contributed by atoms with Crippen LogP contribution in [0.15, 0.2) is 24.3 Å². The molecule has 0 amide bonds. The lowest BCUT2D eigenvalue weighted by Gasteiger charge is -2.27. The van der Waals surface area contributed by atoms with Gasteiger partial charge in [0.05, 0.1) is 13.1 Å². The smallest absolute Gasteiger partial charge is 0.160 e. The average Bonchev–Trinajstić information content (AvgIpc) is 2.65. The van der Waals surface area contributed by atoms with Gasteiger partial charge >= 0.3 is 0 Å². The highest BCUT2D eigenvalue weighted by Gasteiger charge is 2.34. The fraction of sp³-hybridized carbons (Fsp3) is 0.455. The summed E-state index contributed by atoms with van der Waals surface area (Å²) in [5, 5.41) is 0.755. The Morgan fingerprint density at radius 2 is 2.15 bits per heavy atom. The molecular formula is C11H14NS+. The van der Waals surface area contributed by atoms with Gasteiger partial charge in [-0.1, -0.05) is 36.0 Å². The van der Waals surface area contributed by atoms with E-state index in [0.29, 0.717) is 0 Å². The Morgan fingerprint density at radius 3 is 3.15 bits per heavy atom.